The Balaban J connectivity index is 1.87. The summed E-state index contributed by atoms with van der Waals surface area (Å²) in [6.45, 7) is 3.03. The summed E-state index contributed by atoms with van der Waals surface area (Å²) in [6.07, 6.45) is 6.56. The lowest BCUT2D eigenvalue weighted by Crippen LogP contribution is -2.42. The minimum atomic E-state index is -0.319. The molecular weight excluding hydrogens is 260 g/mol. The van der Waals surface area contributed by atoms with E-state index in [4.69, 9.17) is 4.74 Å². The molecule has 1 aliphatic heterocycles. The van der Waals surface area contributed by atoms with Crippen LogP contribution in [0.15, 0.2) is 0 Å². The molecule has 0 N–H and O–H groups in total. The van der Waals surface area contributed by atoms with Crippen molar-refractivity contribution in [2.75, 3.05) is 18.6 Å². The van der Waals surface area contributed by atoms with Crippen LogP contribution in [0.4, 0.5) is 5.13 Å². The number of piperidine rings is 1. The van der Waals surface area contributed by atoms with Crippen molar-refractivity contribution >= 4 is 22.4 Å². The number of anilines is 1. The van der Waals surface area contributed by atoms with E-state index >= 15 is 0 Å². The predicted molar refractivity (Wildman–Crippen MR) is 75.9 cm³/mol. The molecule has 104 valence electrons. The Morgan fingerprint density at radius 1 is 1.37 bits per heavy atom. The Bertz CT molecular complexity index is 486. The van der Waals surface area contributed by atoms with Crippen molar-refractivity contribution in [1.82, 2.24) is 4.98 Å². The number of ether oxygens (including phenoxy) is 1. The van der Waals surface area contributed by atoms with Gasteiger partial charge in [0, 0.05) is 17.5 Å². The minimum absolute atomic E-state index is 0.319. The number of fused-ring (bicyclic) bond motifs is 1. The highest BCUT2D eigenvalue weighted by atomic mass is 32.1. The number of aryl methyl sites for hydroxylation is 1. The fourth-order valence-electron chi connectivity index (χ4n) is 3.48. The zero-order valence-corrected chi connectivity index (χ0v) is 12.3. The summed E-state index contributed by atoms with van der Waals surface area (Å²) in [7, 11) is 1.41. The first kappa shape index (κ1) is 12.9. The summed E-state index contributed by atoms with van der Waals surface area (Å²) in [6, 6.07) is 0.643. The highest BCUT2D eigenvalue weighted by molar-refractivity contribution is 7.15. The maximum atomic E-state index is 11.7. The molecule has 2 fully saturated rings. The lowest BCUT2D eigenvalue weighted by molar-refractivity contribution is 0.0594. The van der Waals surface area contributed by atoms with Crippen LogP contribution < -0.4 is 4.90 Å². The SMILES string of the molecule is COC(=O)c1nc(N2CCCC3CCCC32)sc1C. The molecule has 1 saturated carbocycles. The number of thiazole rings is 1. The average molecular weight is 280 g/mol. The van der Waals surface area contributed by atoms with Crippen LogP contribution in [0.5, 0.6) is 0 Å². The van der Waals surface area contributed by atoms with Crippen molar-refractivity contribution in [2.24, 2.45) is 5.92 Å². The molecule has 1 aromatic heterocycles. The first-order valence-corrected chi connectivity index (χ1v) is 7.84. The molecule has 5 heteroatoms. The molecule has 0 amide bonds. The van der Waals surface area contributed by atoms with Gasteiger partial charge in [-0.2, -0.15) is 0 Å². The second kappa shape index (κ2) is 5.12. The molecular formula is C14H20N2O2S. The van der Waals surface area contributed by atoms with Gasteiger partial charge in [-0.3, -0.25) is 0 Å². The quantitative estimate of drug-likeness (QED) is 0.781. The number of hydrogen-bond donors (Lipinski definition) is 0. The van der Waals surface area contributed by atoms with Crippen molar-refractivity contribution in [3.8, 4) is 0 Å². The van der Waals surface area contributed by atoms with E-state index in [9.17, 15) is 4.79 Å². The highest BCUT2D eigenvalue weighted by Crippen LogP contribution is 2.40. The number of rotatable bonds is 2. The zero-order chi connectivity index (χ0) is 13.4. The molecule has 2 atom stereocenters. The molecule has 2 heterocycles. The third-order valence-corrected chi connectivity index (χ3v) is 5.41. The fraction of sp³-hybridized carbons (Fsp3) is 0.714. The summed E-state index contributed by atoms with van der Waals surface area (Å²) in [5.41, 5.74) is 0.489. The van der Waals surface area contributed by atoms with E-state index in [1.54, 1.807) is 11.3 Å². The van der Waals surface area contributed by atoms with Gasteiger partial charge >= 0.3 is 5.97 Å². The summed E-state index contributed by atoms with van der Waals surface area (Å²) in [5, 5.41) is 1.01. The summed E-state index contributed by atoms with van der Waals surface area (Å²) in [4.78, 5) is 19.6. The average Bonchev–Trinajstić information content (AvgIpc) is 3.03. The lowest BCUT2D eigenvalue weighted by Gasteiger charge is -2.37. The Kier molecular flexibility index (Phi) is 3.48. The van der Waals surface area contributed by atoms with Crippen LogP contribution in [-0.4, -0.2) is 30.6 Å². The van der Waals surface area contributed by atoms with Crippen LogP contribution in [0.25, 0.3) is 0 Å². The van der Waals surface area contributed by atoms with E-state index in [0.29, 0.717) is 11.7 Å². The van der Waals surface area contributed by atoms with E-state index in [1.807, 2.05) is 6.92 Å². The Labute approximate surface area is 117 Å². The molecule has 0 bridgehead atoms. The topological polar surface area (TPSA) is 42.4 Å². The lowest BCUT2D eigenvalue weighted by atomic mass is 9.92. The monoisotopic (exact) mass is 280 g/mol. The Morgan fingerprint density at radius 2 is 2.16 bits per heavy atom. The Hall–Kier alpha value is -1.10. The van der Waals surface area contributed by atoms with Crippen LogP contribution in [0.1, 0.15) is 47.5 Å². The van der Waals surface area contributed by atoms with Crippen molar-refractivity contribution in [3.05, 3.63) is 10.6 Å². The second-order valence-corrected chi connectivity index (χ2v) is 6.67. The zero-order valence-electron chi connectivity index (χ0n) is 11.5. The van der Waals surface area contributed by atoms with Crippen LogP contribution in [0.3, 0.4) is 0 Å². The van der Waals surface area contributed by atoms with Gasteiger partial charge in [0.2, 0.25) is 0 Å². The largest absolute Gasteiger partial charge is 0.464 e. The molecule has 2 aliphatic rings. The van der Waals surface area contributed by atoms with E-state index in [-0.39, 0.29) is 5.97 Å². The van der Waals surface area contributed by atoms with E-state index in [0.717, 1.165) is 22.5 Å². The number of carbonyl (C=O) groups is 1. The maximum Gasteiger partial charge on any atom is 0.357 e. The maximum absolute atomic E-state index is 11.7. The van der Waals surface area contributed by atoms with Crippen LogP contribution >= 0.6 is 11.3 Å². The van der Waals surface area contributed by atoms with Gasteiger partial charge in [0.15, 0.2) is 10.8 Å². The van der Waals surface area contributed by atoms with E-state index < -0.39 is 0 Å². The molecule has 1 aromatic rings. The van der Waals surface area contributed by atoms with Crippen molar-refractivity contribution < 1.29 is 9.53 Å². The second-order valence-electron chi connectivity index (χ2n) is 5.49. The number of nitrogens with zero attached hydrogens (tertiary/aromatic N) is 2. The molecule has 0 spiro atoms. The van der Waals surface area contributed by atoms with Crippen molar-refractivity contribution in [3.63, 3.8) is 0 Å². The summed E-state index contributed by atoms with van der Waals surface area (Å²) < 4.78 is 4.79. The minimum Gasteiger partial charge on any atom is -0.464 e. The normalized spacial score (nSPS) is 26.3. The van der Waals surface area contributed by atoms with Gasteiger partial charge in [-0.05, 0) is 38.5 Å². The van der Waals surface area contributed by atoms with Gasteiger partial charge in [-0.25, -0.2) is 9.78 Å². The molecule has 0 aromatic carbocycles. The third kappa shape index (κ3) is 2.24. The molecule has 2 unspecified atom stereocenters. The van der Waals surface area contributed by atoms with Gasteiger partial charge in [0.25, 0.3) is 0 Å². The molecule has 1 aliphatic carbocycles. The number of esters is 1. The molecule has 19 heavy (non-hydrogen) atoms. The van der Waals surface area contributed by atoms with Gasteiger partial charge in [-0.15, -0.1) is 11.3 Å². The van der Waals surface area contributed by atoms with Gasteiger partial charge < -0.3 is 9.64 Å². The van der Waals surface area contributed by atoms with Crippen molar-refractivity contribution in [2.45, 2.75) is 45.1 Å². The third-order valence-electron chi connectivity index (χ3n) is 4.40. The standard InChI is InChI=1S/C14H20N2O2S/c1-9-12(13(17)18-2)15-14(19-9)16-8-4-6-10-5-3-7-11(10)16/h10-11H,3-8H2,1-2H3. The number of aromatic nitrogens is 1. The molecule has 1 saturated heterocycles. The summed E-state index contributed by atoms with van der Waals surface area (Å²) in [5.74, 6) is 0.513. The van der Waals surface area contributed by atoms with Crippen LogP contribution in [0.2, 0.25) is 0 Å². The smallest absolute Gasteiger partial charge is 0.357 e. The van der Waals surface area contributed by atoms with Crippen LogP contribution in [-0.2, 0) is 4.74 Å². The van der Waals surface area contributed by atoms with E-state index in [2.05, 4.69) is 9.88 Å². The molecule has 3 rings (SSSR count). The first-order chi connectivity index (χ1) is 9.20. The fourth-order valence-corrected chi connectivity index (χ4v) is 4.46. The van der Waals surface area contributed by atoms with Crippen LogP contribution in [0, 0.1) is 12.8 Å². The van der Waals surface area contributed by atoms with Crippen molar-refractivity contribution in [1.29, 1.82) is 0 Å². The molecule has 0 radical (unpaired) electrons. The molecule has 4 nitrogen and oxygen atoms in total. The predicted octanol–water partition coefficient (Wildman–Crippen LogP) is 3.01. The number of hydrogen-bond acceptors (Lipinski definition) is 5. The highest BCUT2D eigenvalue weighted by Gasteiger charge is 2.36. The number of methoxy groups -OCH3 is 1. The van der Waals surface area contributed by atoms with E-state index in [1.165, 1.54) is 39.2 Å². The summed E-state index contributed by atoms with van der Waals surface area (Å²) >= 11 is 1.63. The van der Waals surface area contributed by atoms with Gasteiger partial charge in [0.1, 0.15) is 0 Å². The Morgan fingerprint density at radius 3 is 2.95 bits per heavy atom. The van der Waals surface area contributed by atoms with Gasteiger partial charge in [0.05, 0.1) is 7.11 Å². The number of carbonyl (C=O) groups excluding carboxylic acids is 1. The first-order valence-electron chi connectivity index (χ1n) is 7.03. The van der Waals surface area contributed by atoms with Gasteiger partial charge in [-0.1, -0.05) is 6.42 Å².